The Balaban J connectivity index is 2.04. The van der Waals surface area contributed by atoms with Gasteiger partial charge in [0.1, 0.15) is 6.61 Å². The summed E-state index contributed by atoms with van der Waals surface area (Å²) in [5, 5.41) is 6.48. The van der Waals surface area contributed by atoms with Gasteiger partial charge in [0.25, 0.3) is 0 Å². The molecule has 0 aliphatic rings. The van der Waals surface area contributed by atoms with Crippen LogP contribution in [0, 0.1) is 0 Å². The van der Waals surface area contributed by atoms with Gasteiger partial charge in [-0.1, -0.05) is 63.2 Å². The molecule has 0 aromatic heterocycles. The number of nitrogens with one attached hydrogen (secondary N) is 2. The van der Waals surface area contributed by atoms with Crippen LogP contribution in [0.2, 0.25) is 18.1 Å². The van der Waals surface area contributed by atoms with Crippen molar-refractivity contribution < 1.29 is 18.7 Å². The van der Waals surface area contributed by atoms with Crippen LogP contribution < -0.4 is 10.6 Å². The van der Waals surface area contributed by atoms with Gasteiger partial charge in [-0.05, 0) is 41.4 Å². The number of ether oxygens (including phenoxy) is 2. The van der Waals surface area contributed by atoms with E-state index in [0.717, 1.165) is 11.1 Å². The monoisotopic (exact) mass is 458 g/mol. The van der Waals surface area contributed by atoms with E-state index in [1.54, 1.807) is 7.11 Å². The maximum absolute atomic E-state index is 12.3. The Hall–Kier alpha value is -2.19. The smallest absolute Gasteiger partial charge is 0.411 e. The Morgan fingerprint density at radius 1 is 1.06 bits per heavy atom. The van der Waals surface area contributed by atoms with Gasteiger partial charge in [0, 0.05) is 19.3 Å². The number of anilines is 1. The van der Waals surface area contributed by atoms with Crippen LogP contribution in [0.25, 0.3) is 0 Å². The molecule has 1 atom stereocenters. The molecule has 6 nitrogen and oxygen atoms in total. The van der Waals surface area contributed by atoms with Crippen LogP contribution in [-0.2, 0) is 20.5 Å². The Kier molecular flexibility index (Phi) is 9.90. The first-order chi connectivity index (χ1) is 15.1. The van der Waals surface area contributed by atoms with Crippen molar-refractivity contribution in [3.63, 3.8) is 0 Å². The molecular formula is C25H38N2O4Si. The van der Waals surface area contributed by atoms with E-state index in [0.29, 0.717) is 25.4 Å². The van der Waals surface area contributed by atoms with Crippen LogP contribution in [0.1, 0.15) is 37.9 Å². The molecule has 0 aliphatic heterocycles. The second kappa shape index (κ2) is 12.2. The zero-order chi connectivity index (χ0) is 23.6. The van der Waals surface area contributed by atoms with Crippen molar-refractivity contribution >= 4 is 20.1 Å². The first-order valence-electron chi connectivity index (χ1n) is 11.1. The summed E-state index contributed by atoms with van der Waals surface area (Å²) < 4.78 is 17.0. The lowest BCUT2D eigenvalue weighted by atomic mass is 10.1. The summed E-state index contributed by atoms with van der Waals surface area (Å²) in [6.07, 6.45) is -0.479. The topological polar surface area (TPSA) is 68.8 Å². The molecule has 2 aromatic carbocycles. The molecule has 0 saturated carbocycles. The van der Waals surface area contributed by atoms with Crippen molar-refractivity contribution in [2.24, 2.45) is 0 Å². The quantitative estimate of drug-likeness (QED) is 0.332. The number of hydrogen-bond donors (Lipinski definition) is 2. The second-order valence-electron chi connectivity index (χ2n) is 9.38. The van der Waals surface area contributed by atoms with E-state index >= 15 is 0 Å². The van der Waals surface area contributed by atoms with Gasteiger partial charge in [0.2, 0.25) is 0 Å². The number of hydrogen-bond acceptors (Lipinski definition) is 5. The number of rotatable bonds is 11. The fraction of sp³-hybridized carbons (Fsp3) is 0.480. The molecule has 0 spiro atoms. The molecule has 0 bridgehead atoms. The lowest BCUT2D eigenvalue weighted by Gasteiger charge is -2.37. The maximum Gasteiger partial charge on any atom is 0.411 e. The summed E-state index contributed by atoms with van der Waals surface area (Å²) in [6, 6.07) is 17.4. The Morgan fingerprint density at radius 2 is 1.78 bits per heavy atom. The van der Waals surface area contributed by atoms with Gasteiger partial charge in [0.05, 0.1) is 19.3 Å². The molecule has 0 aliphatic carbocycles. The van der Waals surface area contributed by atoms with E-state index in [1.807, 2.05) is 54.6 Å². The summed E-state index contributed by atoms with van der Waals surface area (Å²) in [6.45, 7) is 13.3. The highest BCUT2D eigenvalue weighted by molar-refractivity contribution is 6.74. The highest BCUT2D eigenvalue weighted by atomic mass is 28.4. The molecule has 2 N–H and O–H groups in total. The minimum absolute atomic E-state index is 0.0126. The number of methoxy groups -OCH3 is 1. The highest BCUT2D eigenvalue weighted by Gasteiger charge is 2.37. The van der Waals surface area contributed by atoms with Crippen molar-refractivity contribution in [2.75, 3.05) is 32.2 Å². The number of carbonyl (C=O) groups is 1. The van der Waals surface area contributed by atoms with Crippen LogP contribution in [0.4, 0.5) is 10.5 Å². The van der Waals surface area contributed by atoms with E-state index in [2.05, 4.69) is 44.5 Å². The molecule has 0 heterocycles. The molecular weight excluding hydrogens is 420 g/mol. The average Bonchev–Trinajstić information content (AvgIpc) is 2.75. The average molecular weight is 459 g/mol. The van der Waals surface area contributed by atoms with E-state index < -0.39 is 14.4 Å². The van der Waals surface area contributed by atoms with Crippen molar-refractivity contribution in [3.8, 4) is 0 Å². The molecule has 0 saturated heterocycles. The van der Waals surface area contributed by atoms with E-state index in [1.165, 1.54) is 0 Å². The van der Waals surface area contributed by atoms with Crippen molar-refractivity contribution in [1.82, 2.24) is 5.32 Å². The van der Waals surface area contributed by atoms with Gasteiger partial charge in [-0.25, -0.2) is 4.79 Å². The fourth-order valence-corrected chi connectivity index (χ4v) is 3.84. The first-order valence-corrected chi connectivity index (χ1v) is 14.0. The third-order valence-electron chi connectivity index (χ3n) is 5.86. The summed E-state index contributed by atoms with van der Waals surface area (Å²) in [5.74, 6) is 0. The zero-order valence-electron chi connectivity index (χ0n) is 20.2. The normalized spacial score (nSPS) is 12.9. The van der Waals surface area contributed by atoms with Gasteiger partial charge in [-0.2, -0.15) is 0 Å². The predicted octanol–water partition coefficient (Wildman–Crippen LogP) is 5.73. The number of amides is 1. The maximum atomic E-state index is 12.3. The standard InChI is InChI=1S/C25H38N2O4Si/c1-25(2,3)32(5,6)31-19-23(26-15-16-29-4)21-13-10-14-22(17-21)27-24(28)30-18-20-11-8-7-9-12-20/h7-14,17,23,26H,15-16,18-19H2,1-6H3,(H,27,28). The lowest BCUT2D eigenvalue weighted by Crippen LogP contribution is -2.43. The fourth-order valence-electron chi connectivity index (χ4n) is 2.83. The minimum Gasteiger partial charge on any atom is -0.444 e. The van der Waals surface area contributed by atoms with E-state index in [9.17, 15) is 4.79 Å². The summed E-state index contributed by atoms with van der Waals surface area (Å²) in [4.78, 5) is 12.3. The SMILES string of the molecule is COCCNC(CO[Si](C)(C)C(C)(C)C)c1cccc(NC(=O)OCc2ccccc2)c1. The Bertz CT molecular complexity index is 837. The third kappa shape index (κ3) is 8.39. The van der Waals surface area contributed by atoms with Crippen molar-refractivity contribution in [1.29, 1.82) is 0 Å². The molecule has 0 radical (unpaired) electrons. The van der Waals surface area contributed by atoms with Gasteiger partial charge < -0.3 is 19.2 Å². The van der Waals surface area contributed by atoms with Crippen LogP contribution >= 0.6 is 0 Å². The molecule has 2 aromatic rings. The molecule has 32 heavy (non-hydrogen) atoms. The molecule has 0 fully saturated rings. The van der Waals surface area contributed by atoms with Crippen LogP contribution in [0.15, 0.2) is 54.6 Å². The van der Waals surface area contributed by atoms with Crippen LogP contribution in [0.3, 0.4) is 0 Å². The van der Waals surface area contributed by atoms with Gasteiger partial charge in [-0.3, -0.25) is 5.32 Å². The lowest BCUT2D eigenvalue weighted by molar-refractivity contribution is 0.155. The van der Waals surface area contributed by atoms with Crippen LogP contribution in [-0.4, -0.2) is 41.3 Å². The molecule has 1 unspecified atom stereocenters. The largest absolute Gasteiger partial charge is 0.444 e. The number of benzene rings is 2. The van der Waals surface area contributed by atoms with E-state index in [4.69, 9.17) is 13.9 Å². The van der Waals surface area contributed by atoms with Crippen molar-refractivity contribution in [3.05, 3.63) is 65.7 Å². The predicted molar refractivity (Wildman–Crippen MR) is 132 cm³/mol. The van der Waals surface area contributed by atoms with Gasteiger partial charge in [0.15, 0.2) is 8.32 Å². The molecule has 2 rings (SSSR count). The Labute approximate surface area is 193 Å². The van der Waals surface area contributed by atoms with Crippen LogP contribution in [0.5, 0.6) is 0 Å². The van der Waals surface area contributed by atoms with Gasteiger partial charge >= 0.3 is 6.09 Å². The summed E-state index contributed by atoms with van der Waals surface area (Å²) >= 11 is 0. The van der Waals surface area contributed by atoms with E-state index in [-0.39, 0.29) is 17.7 Å². The summed E-state index contributed by atoms with van der Waals surface area (Å²) in [5.41, 5.74) is 2.67. The zero-order valence-corrected chi connectivity index (χ0v) is 21.2. The molecule has 1 amide bonds. The minimum atomic E-state index is -1.89. The molecule has 7 heteroatoms. The summed E-state index contributed by atoms with van der Waals surface area (Å²) in [7, 11) is -0.203. The Morgan fingerprint density at radius 3 is 2.44 bits per heavy atom. The number of carbonyl (C=O) groups excluding carboxylic acids is 1. The van der Waals surface area contributed by atoms with Gasteiger partial charge in [-0.15, -0.1) is 0 Å². The first kappa shape index (κ1) is 26.1. The second-order valence-corrected chi connectivity index (χ2v) is 14.2. The van der Waals surface area contributed by atoms with Crippen molar-refractivity contribution in [2.45, 2.75) is 51.6 Å². The third-order valence-corrected chi connectivity index (χ3v) is 10.4. The highest BCUT2D eigenvalue weighted by Crippen LogP contribution is 2.37. The molecule has 176 valence electrons.